The largest absolute Gasteiger partial charge is 0.506 e. The molecule has 2 nitrogen and oxygen atoms in total. The number of aryl methyl sites for hydroxylation is 1. The fourth-order valence-electron chi connectivity index (χ4n) is 1.23. The summed E-state index contributed by atoms with van der Waals surface area (Å²) in [5.41, 5.74) is 3.02. The molecule has 0 spiro atoms. The maximum atomic E-state index is 9.54. The van der Waals surface area contributed by atoms with Gasteiger partial charge in [0.2, 0.25) is 0 Å². The van der Waals surface area contributed by atoms with Crippen LogP contribution in [0.2, 0.25) is 0 Å². The van der Waals surface area contributed by atoms with Gasteiger partial charge in [0.05, 0.1) is 5.69 Å². The lowest BCUT2D eigenvalue weighted by molar-refractivity contribution is 0.462. The van der Waals surface area contributed by atoms with E-state index in [1.807, 2.05) is 24.9 Å². The molecule has 0 bridgehead atoms. The van der Waals surface area contributed by atoms with E-state index in [9.17, 15) is 5.11 Å². The van der Waals surface area contributed by atoms with E-state index in [1.54, 1.807) is 0 Å². The second-order valence-electron chi connectivity index (χ2n) is 2.69. The molecule has 1 aliphatic heterocycles. The monoisotopic (exact) mass is 167 g/mol. The van der Waals surface area contributed by atoms with Gasteiger partial charge in [-0.15, -0.1) is 0 Å². The third-order valence-corrected chi connectivity index (χ3v) is 2.94. The molecule has 1 aliphatic rings. The van der Waals surface area contributed by atoms with Crippen molar-refractivity contribution in [1.29, 1.82) is 0 Å². The molecular weight excluding hydrogens is 158 g/mol. The zero-order valence-corrected chi connectivity index (χ0v) is 7.11. The molecule has 1 aromatic rings. The van der Waals surface area contributed by atoms with Crippen molar-refractivity contribution in [3.8, 4) is 5.75 Å². The Morgan fingerprint density at radius 3 is 3.18 bits per heavy atom. The summed E-state index contributed by atoms with van der Waals surface area (Å²) >= 11 is 1.83. The molecule has 11 heavy (non-hydrogen) atoms. The molecule has 3 heteroatoms. The number of rotatable bonds is 0. The van der Waals surface area contributed by atoms with E-state index in [0.717, 1.165) is 22.8 Å². The van der Waals surface area contributed by atoms with Crippen LogP contribution in [0.5, 0.6) is 5.75 Å². The van der Waals surface area contributed by atoms with Crippen LogP contribution >= 0.6 is 11.8 Å². The van der Waals surface area contributed by atoms with E-state index < -0.39 is 0 Å². The average molecular weight is 167 g/mol. The van der Waals surface area contributed by atoms with Crippen molar-refractivity contribution < 1.29 is 5.11 Å². The Kier molecular flexibility index (Phi) is 1.53. The molecule has 0 saturated carbocycles. The quantitative estimate of drug-likeness (QED) is 0.640. The molecule has 0 unspecified atom stereocenters. The molecule has 58 valence electrons. The van der Waals surface area contributed by atoms with Gasteiger partial charge in [0.1, 0.15) is 5.75 Å². The summed E-state index contributed by atoms with van der Waals surface area (Å²) in [6.45, 7) is 1.83. The number of nitrogens with zero attached hydrogens (tertiary/aromatic N) is 1. The standard InChI is InChI=1S/C8H9NOS/c1-5-8(10)7-4-11-3-6(7)2-9-5/h2,10H,3-4H2,1H3. The second-order valence-corrected chi connectivity index (χ2v) is 3.67. The molecule has 0 aliphatic carbocycles. The summed E-state index contributed by atoms with van der Waals surface area (Å²) in [6, 6.07) is 0. The Morgan fingerprint density at radius 1 is 1.55 bits per heavy atom. The lowest BCUT2D eigenvalue weighted by Gasteiger charge is -2.02. The van der Waals surface area contributed by atoms with Crippen molar-refractivity contribution in [1.82, 2.24) is 4.98 Å². The first-order chi connectivity index (χ1) is 5.29. The minimum Gasteiger partial charge on any atom is -0.506 e. The van der Waals surface area contributed by atoms with Crippen molar-refractivity contribution in [2.24, 2.45) is 0 Å². The van der Waals surface area contributed by atoms with E-state index in [0.29, 0.717) is 5.75 Å². The Morgan fingerprint density at radius 2 is 2.36 bits per heavy atom. The SMILES string of the molecule is Cc1ncc2c(c1O)CSC2. The van der Waals surface area contributed by atoms with Crippen LogP contribution in [-0.2, 0) is 11.5 Å². The van der Waals surface area contributed by atoms with E-state index in [2.05, 4.69) is 4.98 Å². The highest BCUT2D eigenvalue weighted by molar-refractivity contribution is 7.98. The van der Waals surface area contributed by atoms with Gasteiger partial charge in [0.25, 0.3) is 0 Å². The molecule has 1 N–H and O–H groups in total. The zero-order valence-electron chi connectivity index (χ0n) is 6.29. The Labute approximate surface area is 69.7 Å². The van der Waals surface area contributed by atoms with Crippen molar-refractivity contribution in [2.45, 2.75) is 18.4 Å². The van der Waals surface area contributed by atoms with Gasteiger partial charge in [0, 0.05) is 23.3 Å². The van der Waals surface area contributed by atoms with Crippen molar-refractivity contribution >= 4 is 11.8 Å². The fraction of sp³-hybridized carbons (Fsp3) is 0.375. The van der Waals surface area contributed by atoms with Gasteiger partial charge >= 0.3 is 0 Å². The molecule has 2 heterocycles. The Bertz CT molecular complexity index is 298. The van der Waals surface area contributed by atoms with Crippen LogP contribution < -0.4 is 0 Å². The summed E-state index contributed by atoms with van der Waals surface area (Å²) in [7, 11) is 0. The topological polar surface area (TPSA) is 33.1 Å². The normalized spacial score (nSPS) is 15.0. The Balaban J connectivity index is 2.62. The van der Waals surface area contributed by atoms with Gasteiger partial charge in [0.15, 0.2) is 0 Å². The van der Waals surface area contributed by atoms with Crippen LogP contribution in [0.1, 0.15) is 16.8 Å². The predicted molar refractivity (Wildman–Crippen MR) is 45.6 cm³/mol. The highest BCUT2D eigenvalue weighted by atomic mass is 32.2. The van der Waals surface area contributed by atoms with Gasteiger partial charge in [-0.2, -0.15) is 11.8 Å². The lowest BCUT2D eigenvalue weighted by Crippen LogP contribution is -1.89. The van der Waals surface area contributed by atoms with Crippen LogP contribution in [-0.4, -0.2) is 10.1 Å². The number of aromatic nitrogens is 1. The molecule has 0 aromatic carbocycles. The van der Waals surface area contributed by atoms with Crippen molar-refractivity contribution in [2.75, 3.05) is 0 Å². The summed E-state index contributed by atoms with van der Waals surface area (Å²) in [5, 5.41) is 9.54. The first kappa shape index (κ1) is 6.98. The third kappa shape index (κ3) is 0.997. The van der Waals surface area contributed by atoms with Gasteiger partial charge in [-0.05, 0) is 12.5 Å². The second kappa shape index (κ2) is 2.41. The third-order valence-electron chi connectivity index (χ3n) is 1.93. The summed E-state index contributed by atoms with van der Waals surface area (Å²) in [4.78, 5) is 4.09. The molecular formula is C8H9NOS. The van der Waals surface area contributed by atoms with Crippen LogP contribution in [0, 0.1) is 6.92 Å². The van der Waals surface area contributed by atoms with E-state index in [-0.39, 0.29) is 0 Å². The van der Waals surface area contributed by atoms with Crippen LogP contribution in [0.4, 0.5) is 0 Å². The van der Waals surface area contributed by atoms with Crippen LogP contribution in [0.15, 0.2) is 6.20 Å². The van der Waals surface area contributed by atoms with E-state index in [4.69, 9.17) is 0 Å². The summed E-state index contributed by atoms with van der Waals surface area (Å²) < 4.78 is 0. The maximum Gasteiger partial charge on any atom is 0.141 e. The first-order valence-corrected chi connectivity index (χ1v) is 4.68. The molecule has 0 fully saturated rings. The number of fused-ring (bicyclic) bond motifs is 1. The number of hydrogen-bond donors (Lipinski definition) is 1. The highest BCUT2D eigenvalue weighted by Crippen LogP contribution is 2.35. The minimum absolute atomic E-state index is 0.396. The first-order valence-electron chi connectivity index (χ1n) is 3.53. The number of thioether (sulfide) groups is 1. The summed E-state index contributed by atoms with van der Waals surface area (Å²) in [6.07, 6.45) is 1.87. The molecule has 0 atom stereocenters. The maximum absolute atomic E-state index is 9.54. The molecule has 0 saturated heterocycles. The summed E-state index contributed by atoms with van der Waals surface area (Å²) in [5.74, 6) is 2.33. The minimum atomic E-state index is 0.396. The highest BCUT2D eigenvalue weighted by Gasteiger charge is 2.16. The van der Waals surface area contributed by atoms with E-state index in [1.165, 1.54) is 5.56 Å². The molecule has 2 rings (SSSR count). The van der Waals surface area contributed by atoms with Gasteiger partial charge < -0.3 is 5.11 Å². The lowest BCUT2D eigenvalue weighted by atomic mass is 10.1. The smallest absolute Gasteiger partial charge is 0.141 e. The zero-order chi connectivity index (χ0) is 7.84. The fourth-order valence-corrected chi connectivity index (χ4v) is 2.33. The van der Waals surface area contributed by atoms with Gasteiger partial charge in [-0.25, -0.2) is 0 Å². The van der Waals surface area contributed by atoms with Crippen LogP contribution in [0.3, 0.4) is 0 Å². The predicted octanol–water partition coefficient (Wildman–Crippen LogP) is 1.84. The van der Waals surface area contributed by atoms with E-state index >= 15 is 0 Å². The molecule has 0 radical (unpaired) electrons. The number of aromatic hydroxyl groups is 1. The number of pyridine rings is 1. The van der Waals surface area contributed by atoms with Gasteiger partial charge in [-0.3, -0.25) is 4.98 Å². The van der Waals surface area contributed by atoms with Crippen molar-refractivity contribution in [3.63, 3.8) is 0 Å². The van der Waals surface area contributed by atoms with Gasteiger partial charge in [-0.1, -0.05) is 0 Å². The average Bonchev–Trinajstić information content (AvgIpc) is 2.45. The van der Waals surface area contributed by atoms with Crippen LogP contribution in [0.25, 0.3) is 0 Å². The number of hydrogen-bond acceptors (Lipinski definition) is 3. The Hall–Kier alpha value is -0.700. The molecule has 0 amide bonds. The molecule has 1 aromatic heterocycles. The van der Waals surface area contributed by atoms with Crippen molar-refractivity contribution in [3.05, 3.63) is 23.0 Å².